The molecule has 4 heterocycles. The third-order valence-electron chi connectivity index (χ3n) is 5.20. The van der Waals surface area contributed by atoms with E-state index in [1.807, 2.05) is 31.3 Å². The zero-order valence-corrected chi connectivity index (χ0v) is 17.7. The van der Waals surface area contributed by atoms with Crippen LogP contribution in [0.15, 0.2) is 60.2 Å². The van der Waals surface area contributed by atoms with E-state index in [1.54, 1.807) is 22.2 Å². The number of thiazole rings is 1. The number of hydrogen-bond acceptors (Lipinski definition) is 7. The van der Waals surface area contributed by atoms with Gasteiger partial charge in [-0.15, -0.1) is 11.3 Å². The van der Waals surface area contributed by atoms with Crippen molar-refractivity contribution >= 4 is 17.2 Å². The molecule has 0 N–H and O–H groups in total. The van der Waals surface area contributed by atoms with Crippen molar-refractivity contribution in [1.29, 1.82) is 0 Å². The molecule has 0 atom stereocenters. The maximum absolute atomic E-state index is 4.84. The van der Waals surface area contributed by atoms with Crippen LogP contribution in [0.25, 0.3) is 16.4 Å². The molecule has 1 aromatic carbocycles. The Kier molecular flexibility index (Phi) is 5.25. The molecule has 152 valence electrons. The molecule has 1 aliphatic heterocycles. The summed E-state index contributed by atoms with van der Waals surface area (Å²) in [7, 11) is 0. The van der Waals surface area contributed by atoms with Gasteiger partial charge >= 0.3 is 0 Å². The van der Waals surface area contributed by atoms with Crippen LogP contribution in [0.3, 0.4) is 0 Å². The number of aromatic nitrogens is 5. The van der Waals surface area contributed by atoms with Gasteiger partial charge in [0.1, 0.15) is 16.6 Å². The Hall–Kier alpha value is -3.10. The van der Waals surface area contributed by atoms with Crippen LogP contribution in [0.4, 0.5) is 5.82 Å². The summed E-state index contributed by atoms with van der Waals surface area (Å²) in [6.45, 7) is 6.66. The summed E-state index contributed by atoms with van der Waals surface area (Å²) in [6, 6.07) is 14.3. The van der Waals surface area contributed by atoms with Crippen molar-refractivity contribution in [2.75, 3.05) is 31.1 Å². The van der Waals surface area contributed by atoms with E-state index in [1.165, 1.54) is 5.56 Å². The van der Waals surface area contributed by atoms with E-state index in [-0.39, 0.29) is 0 Å². The van der Waals surface area contributed by atoms with Crippen molar-refractivity contribution in [1.82, 2.24) is 29.6 Å². The van der Waals surface area contributed by atoms with Crippen LogP contribution >= 0.6 is 11.3 Å². The highest BCUT2D eigenvalue weighted by atomic mass is 32.1. The van der Waals surface area contributed by atoms with Gasteiger partial charge in [-0.05, 0) is 13.0 Å². The van der Waals surface area contributed by atoms with Gasteiger partial charge in [0.25, 0.3) is 0 Å². The molecule has 8 heteroatoms. The second kappa shape index (κ2) is 8.33. The third-order valence-corrected chi connectivity index (χ3v) is 6.14. The summed E-state index contributed by atoms with van der Waals surface area (Å²) in [5.74, 6) is 2.53. The number of anilines is 1. The summed E-state index contributed by atoms with van der Waals surface area (Å²) >= 11 is 1.72. The molecule has 1 saturated heterocycles. The Bertz CT molecular complexity index is 1100. The van der Waals surface area contributed by atoms with E-state index >= 15 is 0 Å². The van der Waals surface area contributed by atoms with Gasteiger partial charge in [-0.25, -0.2) is 19.6 Å². The lowest BCUT2D eigenvalue weighted by molar-refractivity contribution is 0.247. The van der Waals surface area contributed by atoms with Gasteiger partial charge in [0.2, 0.25) is 0 Å². The number of aryl methyl sites for hydroxylation is 1. The first kappa shape index (κ1) is 18.9. The largest absolute Gasteiger partial charge is 0.354 e. The van der Waals surface area contributed by atoms with E-state index < -0.39 is 0 Å². The molecule has 0 spiro atoms. The first-order valence-corrected chi connectivity index (χ1v) is 11.0. The Morgan fingerprint density at radius 1 is 0.933 bits per heavy atom. The van der Waals surface area contributed by atoms with Crippen LogP contribution in [0.5, 0.6) is 0 Å². The minimum atomic E-state index is 0.761. The van der Waals surface area contributed by atoms with Gasteiger partial charge in [-0.2, -0.15) is 5.10 Å². The monoisotopic (exact) mass is 417 g/mol. The van der Waals surface area contributed by atoms with Gasteiger partial charge in [0.05, 0.1) is 5.69 Å². The van der Waals surface area contributed by atoms with Crippen molar-refractivity contribution in [3.63, 3.8) is 0 Å². The van der Waals surface area contributed by atoms with Gasteiger partial charge in [-0.3, -0.25) is 4.90 Å². The molecule has 0 bridgehead atoms. The van der Waals surface area contributed by atoms with Crippen LogP contribution in [-0.4, -0.2) is 55.8 Å². The summed E-state index contributed by atoms with van der Waals surface area (Å²) < 4.78 is 1.78. The molecule has 30 heavy (non-hydrogen) atoms. The highest BCUT2D eigenvalue weighted by Crippen LogP contribution is 2.24. The molecule has 0 saturated carbocycles. The van der Waals surface area contributed by atoms with Crippen LogP contribution < -0.4 is 4.90 Å². The molecule has 0 radical (unpaired) electrons. The molecule has 7 nitrogen and oxygen atoms in total. The fourth-order valence-corrected chi connectivity index (χ4v) is 4.49. The smallest absolute Gasteiger partial charge is 0.159 e. The van der Waals surface area contributed by atoms with Gasteiger partial charge < -0.3 is 4.90 Å². The fraction of sp³-hybridized carbons (Fsp3) is 0.273. The maximum Gasteiger partial charge on any atom is 0.159 e. The molecular formula is C22H23N7S. The Morgan fingerprint density at radius 3 is 2.50 bits per heavy atom. The predicted octanol–water partition coefficient (Wildman–Crippen LogP) is 3.42. The van der Waals surface area contributed by atoms with Crippen molar-refractivity contribution < 1.29 is 0 Å². The summed E-state index contributed by atoms with van der Waals surface area (Å²) in [5, 5.41) is 7.56. The van der Waals surface area contributed by atoms with E-state index in [9.17, 15) is 0 Å². The Labute approximate surface area is 179 Å². The number of hydrogen-bond donors (Lipinski definition) is 0. The molecule has 0 amide bonds. The Balaban J connectivity index is 1.23. The lowest BCUT2D eigenvalue weighted by Gasteiger charge is -2.35. The van der Waals surface area contributed by atoms with E-state index in [4.69, 9.17) is 4.98 Å². The number of benzene rings is 1. The Morgan fingerprint density at radius 2 is 1.73 bits per heavy atom. The maximum atomic E-state index is 4.84. The van der Waals surface area contributed by atoms with Crippen LogP contribution in [-0.2, 0) is 6.54 Å². The lowest BCUT2D eigenvalue weighted by atomic mass is 10.2. The van der Waals surface area contributed by atoms with Crippen molar-refractivity contribution in [3.8, 4) is 16.4 Å². The molecule has 1 fully saturated rings. The quantitative estimate of drug-likeness (QED) is 0.496. The van der Waals surface area contributed by atoms with Crippen molar-refractivity contribution in [2.24, 2.45) is 0 Å². The highest BCUT2D eigenvalue weighted by molar-refractivity contribution is 7.13. The van der Waals surface area contributed by atoms with E-state index in [0.29, 0.717) is 0 Å². The van der Waals surface area contributed by atoms with E-state index in [0.717, 1.165) is 60.9 Å². The minimum Gasteiger partial charge on any atom is -0.354 e. The van der Waals surface area contributed by atoms with Crippen LogP contribution in [0.2, 0.25) is 0 Å². The standard InChI is InChI=1S/C22H23N7S/c1-17-24-20(14-21(25-17)29-9-5-8-23-29)28-12-10-27(11-13-28)15-19-16-30-22(26-19)18-6-3-2-4-7-18/h2-9,14,16H,10-13,15H2,1H3. The summed E-state index contributed by atoms with van der Waals surface area (Å²) in [6.07, 6.45) is 3.67. The van der Waals surface area contributed by atoms with Crippen LogP contribution in [0, 0.1) is 6.92 Å². The normalized spacial score (nSPS) is 14.9. The second-order valence-corrected chi connectivity index (χ2v) is 8.21. The lowest BCUT2D eigenvalue weighted by Crippen LogP contribution is -2.46. The molecule has 3 aromatic heterocycles. The molecule has 5 rings (SSSR count). The molecule has 1 aliphatic rings. The van der Waals surface area contributed by atoms with E-state index in [2.05, 4.69) is 54.5 Å². The molecular weight excluding hydrogens is 394 g/mol. The van der Waals surface area contributed by atoms with Gasteiger partial charge in [-0.1, -0.05) is 30.3 Å². The van der Waals surface area contributed by atoms with Crippen molar-refractivity contribution in [2.45, 2.75) is 13.5 Å². The topological polar surface area (TPSA) is 63.0 Å². The average molecular weight is 418 g/mol. The first-order chi connectivity index (χ1) is 14.7. The van der Waals surface area contributed by atoms with Gasteiger partial charge in [0.15, 0.2) is 5.82 Å². The molecule has 0 aliphatic carbocycles. The highest BCUT2D eigenvalue weighted by Gasteiger charge is 2.20. The van der Waals surface area contributed by atoms with Gasteiger partial charge in [0, 0.05) is 62.1 Å². The fourth-order valence-electron chi connectivity index (χ4n) is 3.68. The van der Waals surface area contributed by atoms with Crippen LogP contribution in [0.1, 0.15) is 11.5 Å². The number of rotatable bonds is 5. The molecule has 4 aromatic rings. The second-order valence-electron chi connectivity index (χ2n) is 7.36. The summed E-state index contributed by atoms with van der Waals surface area (Å²) in [4.78, 5) is 18.8. The predicted molar refractivity (Wildman–Crippen MR) is 119 cm³/mol. The average Bonchev–Trinajstić information content (AvgIpc) is 3.47. The molecule has 0 unspecified atom stereocenters. The SMILES string of the molecule is Cc1nc(N2CCN(Cc3csc(-c4ccccc4)n3)CC2)cc(-n2cccn2)n1. The zero-order chi connectivity index (χ0) is 20.3. The number of nitrogens with zero attached hydrogens (tertiary/aromatic N) is 7. The summed E-state index contributed by atoms with van der Waals surface area (Å²) in [5.41, 5.74) is 2.33. The first-order valence-electron chi connectivity index (χ1n) is 10.1. The third kappa shape index (κ3) is 4.10. The zero-order valence-electron chi connectivity index (χ0n) is 16.8. The van der Waals surface area contributed by atoms with Crippen molar-refractivity contribution in [3.05, 3.63) is 71.8 Å². The number of piperazine rings is 1. The minimum absolute atomic E-state index is 0.761.